The molecule has 0 aliphatic rings. The van der Waals surface area contributed by atoms with Gasteiger partial charge < -0.3 is 14.3 Å². The van der Waals surface area contributed by atoms with Gasteiger partial charge in [0.15, 0.2) is 0 Å². The van der Waals surface area contributed by atoms with Crippen molar-refractivity contribution in [3.8, 4) is 0 Å². The van der Waals surface area contributed by atoms with Crippen molar-refractivity contribution in [2.75, 3.05) is 0 Å². The first-order valence-corrected chi connectivity index (χ1v) is 10.7. The zero-order valence-electron chi connectivity index (χ0n) is 12.0. The van der Waals surface area contributed by atoms with Gasteiger partial charge >= 0.3 is 14.5 Å². The van der Waals surface area contributed by atoms with Crippen LogP contribution in [0.2, 0.25) is 0 Å². The molecule has 2 unspecified atom stereocenters. The minimum Gasteiger partial charge on any atom is -0.324 e. The average Bonchev–Trinajstić information content (AvgIpc) is 2.52. The Morgan fingerprint density at radius 2 is 1.26 bits per heavy atom. The van der Waals surface area contributed by atoms with Crippen LogP contribution in [0.3, 0.4) is 0 Å². The summed E-state index contributed by atoms with van der Waals surface area (Å²) in [5, 5.41) is 0. The molecular weight excluding hydrogens is 358 g/mol. The highest BCUT2D eigenvalue weighted by molar-refractivity contribution is 8.08. The van der Waals surface area contributed by atoms with Gasteiger partial charge in [-0.25, -0.2) is 8.88 Å². The monoisotopic (exact) mass is 374 g/mol. The van der Waals surface area contributed by atoms with Gasteiger partial charge in [0.25, 0.3) is 0 Å². The van der Waals surface area contributed by atoms with E-state index in [2.05, 4.69) is 4.31 Å². The standard InChI is InChI=1S/C14H16O6P2S/c15-21(16,18-11-13-7-3-1-4-8-13)20-22(17,23)19-12-14-9-5-2-6-10-14/h1-10H,11-12H2,(H,15,16)(H,17,23). The van der Waals surface area contributed by atoms with Gasteiger partial charge in [0.05, 0.1) is 13.2 Å². The molecule has 0 aliphatic carbocycles. The maximum absolute atomic E-state index is 11.8. The van der Waals surface area contributed by atoms with Crippen LogP contribution in [0.1, 0.15) is 11.1 Å². The van der Waals surface area contributed by atoms with E-state index in [0.29, 0.717) is 5.56 Å². The minimum atomic E-state index is -4.53. The average molecular weight is 374 g/mol. The first kappa shape index (κ1) is 18.5. The molecule has 6 nitrogen and oxygen atoms in total. The summed E-state index contributed by atoms with van der Waals surface area (Å²) in [6, 6.07) is 17.7. The van der Waals surface area contributed by atoms with Crippen LogP contribution >= 0.6 is 14.5 Å². The van der Waals surface area contributed by atoms with Gasteiger partial charge in [0.1, 0.15) is 0 Å². The number of benzene rings is 2. The van der Waals surface area contributed by atoms with Gasteiger partial charge in [-0.3, -0.25) is 4.52 Å². The van der Waals surface area contributed by atoms with E-state index in [1.165, 1.54) is 0 Å². The van der Waals surface area contributed by atoms with Crippen LogP contribution < -0.4 is 0 Å². The number of hydrogen-bond donors (Lipinski definition) is 2. The minimum absolute atomic E-state index is 0.0344. The second-order valence-electron chi connectivity index (χ2n) is 4.54. The predicted molar refractivity (Wildman–Crippen MR) is 89.9 cm³/mol. The van der Waals surface area contributed by atoms with Crippen LogP contribution in [0.15, 0.2) is 60.7 Å². The van der Waals surface area contributed by atoms with Crippen LogP contribution in [0.5, 0.6) is 0 Å². The molecule has 0 fully saturated rings. The number of phosphoric acid groups is 1. The van der Waals surface area contributed by atoms with E-state index >= 15 is 0 Å². The summed E-state index contributed by atoms with van der Waals surface area (Å²) in [5.41, 5.74) is 1.43. The fourth-order valence-electron chi connectivity index (χ4n) is 1.64. The van der Waals surface area contributed by atoms with Crippen molar-refractivity contribution in [2.45, 2.75) is 13.2 Å². The Balaban J connectivity index is 1.87. The highest BCUT2D eigenvalue weighted by atomic mass is 32.5. The molecule has 0 spiro atoms. The molecule has 0 amide bonds. The van der Waals surface area contributed by atoms with Gasteiger partial charge in [-0.15, -0.1) is 0 Å². The molecule has 0 saturated carbocycles. The summed E-state index contributed by atoms with van der Waals surface area (Å²) in [4.78, 5) is 19.5. The van der Waals surface area contributed by atoms with Crippen molar-refractivity contribution < 1.29 is 27.7 Å². The third-order valence-electron chi connectivity index (χ3n) is 2.68. The Labute approximate surface area is 139 Å². The lowest BCUT2D eigenvalue weighted by Crippen LogP contribution is -1.98. The molecule has 2 N–H and O–H groups in total. The van der Waals surface area contributed by atoms with E-state index in [9.17, 15) is 14.4 Å². The molecule has 2 aromatic rings. The van der Waals surface area contributed by atoms with Crippen molar-refractivity contribution in [2.24, 2.45) is 0 Å². The second-order valence-corrected chi connectivity index (χ2v) is 8.96. The molecule has 9 heteroatoms. The maximum atomic E-state index is 11.8. The molecule has 0 saturated heterocycles. The molecule has 2 atom stereocenters. The Bertz CT molecular complexity index is 648. The van der Waals surface area contributed by atoms with Crippen LogP contribution in [-0.2, 0) is 42.9 Å². The van der Waals surface area contributed by atoms with Crippen LogP contribution in [0, 0.1) is 0 Å². The smallest absolute Gasteiger partial charge is 0.324 e. The molecule has 124 valence electrons. The van der Waals surface area contributed by atoms with Gasteiger partial charge in [-0.1, -0.05) is 60.7 Å². The maximum Gasteiger partial charge on any atom is 0.479 e. The fraction of sp³-hybridized carbons (Fsp3) is 0.143. The summed E-state index contributed by atoms with van der Waals surface area (Å²) in [7, 11) is -4.53. The van der Waals surface area contributed by atoms with E-state index in [1.54, 1.807) is 48.5 Å². The molecule has 2 rings (SSSR count). The topological polar surface area (TPSA) is 85.2 Å². The number of phosphoric ester groups is 1. The lowest BCUT2D eigenvalue weighted by molar-refractivity contribution is 0.171. The van der Waals surface area contributed by atoms with Crippen molar-refractivity contribution in [1.82, 2.24) is 0 Å². The molecule has 23 heavy (non-hydrogen) atoms. The summed E-state index contributed by atoms with van der Waals surface area (Å²) < 4.78 is 26.3. The van der Waals surface area contributed by atoms with E-state index in [-0.39, 0.29) is 13.2 Å². The Morgan fingerprint density at radius 3 is 1.74 bits per heavy atom. The summed E-state index contributed by atoms with van der Waals surface area (Å²) in [6.45, 7) is -4.09. The SMILES string of the molecule is O=P(O)(OCc1ccccc1)OP(O)(=S)OCc1ccccc1. The lowest BCUT2D eigenvalue weighted by atomic mass is 10.2. The molecule has 2 aromatic carbocycles. The fourth-order valence-corrected chi connectivity index (χ4v) is 4.60. The molecule has 0 radical (unpaired) electrons. The van der Waals surface area contributed by atoms with Crippen molar-refractivity contribution in [1.29, 1.82) is 0 Å². The Hall–Kier alpha value is -0.880. The molecule has 0 heterocycles. The zero-order chi connectivity index (χ0) is 16.8. The van der Waals surface area contributed by atoms with Crippen molar-refractivity contribution in [3.63, 3.8) is 0 Å². The van der Waals surface area contributed by atoms with Crippen LogP contribution in [0.25, 0.3) is 0 Å². The largest absolute Gasteiger partial charge is 0.479 e. The molecule has 0 bridgehead atoms. The first-order valence-electron chi connectivity index (χ1n) is 6.60. The van der Waals surface area contributed by atoms with E-state index in [1.807, 2.05) is 12.1 Å². The van der Waals surface area contributed by atoms with Crippen LogP contribution in [-0.4, -0.2) is 9.79 Å². The highest BCUT2D eigenvalue weighted by Gasteiger charge is 2.31. The normalized spacial score (nSPS) is 16.4. The highest BCUT2D eigenvalue weighted by Crippen LogP contribution is 2.61. The van der Waals surface area contributed by atoms with Gasteiger partial charge in [0, 0.05) is 0 Å². The number of rotatable bonds is 8. The van der Waals surface area contributed by atoms with E-state index in [4.69, 9.17) is 20.9 Å². The number of hydrogen-bond acceptors (Lipinski definition) is 5. The molecule has 0 aliphatic heterocycles. The second kappa shape index (κ2) is 8.29. The predicted octanol–water partition coefficient (Wildman–Crippen LogP) is 3.75. The zero-order valence-corrected chi connectivity index (χ0v) is 14.6. The lowest BCUT2D eigenvalue weighted by Gasteiger charge is -2.19. The van der Waals surface area contributed by atoms with Crippen molar-refractivity contribution in [3.05, 3.63) is 71.8 Å². The van der Waals surface area contributed by atoms with Gasteiger partial charge in [0.2, 0.25) is 0 Å². The van der Waals surface area contributed by atoms with Crippen LogP contribution in [0.4, 0.5) is 0 Å². The van der Waals surface area contributed by atoms with Crippen molar-refractivity contribution >= 4 is 26.3 Å². The van der Waals surface area contributed by atoms with Gasteiger partial charge in [-0.2, -0.15) is 0 Å². The summed E-state index contributed by atoms with van der Waals surface area (Å²) >= 11 is 4.73. The molecule has 0 aromatic heterocycles. The van der Waals surface area contributed by atoms with Gasteiger partial charge in [-0.05, 0) is 22.9 Å². The third-order valence-corrected chi connectivity index (χ3v) is 6.16. The molecular formula is C14H16O6P2S. The summed E-state index contributed by atoms with van der Waals surface area (Å²) in [5.74, 6) is 0. The summed E-state index contributed by atoms with van der Waals surface area (Å²) in [6.07, 6.45) is 0. The third kappa shape index (κ3) is 7.04. The quantitative estimate of drug-likeness (QED) is 0.681. The Kier molecular flexibility index (Phi) is 6.65. The first-order chi connectivity index (χ1) is 10.9. The Morgan fingerprint density at radius 1 is 0.826 bits per heavy atom. The van der Waals surface area contributed by atoms with E-state index < -0.39 is 14.5 Å². The van der Waals surface area contributed by atoms with E-state index in [0.717, 1.165) is 5.56 Å².